The zero-order valence-corrected chi connectivity index (χ0v) is 8.64. The molecule has 1 aromatic heterocycles. The molecular weight excluding hydrogens is 253 g/mol. The van der Waals surface area contributed by atoms with Gasteiger partial charge in [0.05, 0.1) is 15.9 Å². The van der Waals surface area contributed by atoms with E-state index in [0.29, 0.717) is 6.07 Å². The molecule has 0 saturated heterocycles. The third-order valence-corrected chi connectivity index (χ3v) is 2.40. The molecule has 1 heterocycles. The Morgan fingerprint density at radius 2 is 1.89 bits per heavy atom. The van der Waals surface area contributed by atoms with E-state index in [1.807, 2.05) is 0 Å². The van der Waals surface area contributed by atoms with Crippen LogP contribution in [-0.4, -0.2) is 4.92 Å². The van der Waals surface area contributed by atoms with Gasteiger partial charge in [-0.05, 0) is 0 Å². The number of nitrogens with zero attached hydrogens (tertiary/aromatic N) is 2. The number of aromatic nitrogens is 1. The molecule has 0 fully saturated rings. The quantitative estimate of drug-likeness (QED) is 0.341. The average Bonchev–Trinajstić information content (AvgIpc) is 2.27. The maximum Gasteiger partial charge on any atom is 0.417 e. The second-order valence-corrected chi connectivity index (χ2v) is 3.51. The summed E-state index contributed by atoms with van der Waals surface area (Å²) in [5.41, 5.74) is -1.84. The van der Waals surface area contributed by atoms with Gasteiger partial charge in [0.25, 0.3) is 5.69 Å². The van der Waals surface area contributed by atoms with Crippen LogP contribution in [0.25, 0.3) is 10.9 Å². The first-order valence-electron chi connectivity index (χ1n) is 4.68. The fourth-order valence-electron chi connectivity index (χ4n) is 1.61. The lowest BCUT2D eigenvalue weighted by atomic mass is 10.1. The predicted octanol–water partition coefficient (Wildman–Crippen LogP) is 2.40. The van der Waals surface area contributed by atoms with Crippen LogP contribution in [0.3, 0.4) is 0 Å². The van der Waals surface area contributed by atoms with Gasteiger partial charge in [0, 0.05) is 24.3 Å². The third-order valence-electron chi connectivity index (χ3n) is 2.40. The van der Waals surface area contributed by atoms with Crippen LogP contribution in [0.2, 0.25) is 0 Å². The van der Waals surface area contributed by atoms with Crippen LogP contribution in [-0.2, 0) is 6.18 Å². The lowest BCUT2D eigenvalue weighted by Gasteiger charge is -2.09. The van der Waals surface area contributed by atoms with Crippen LogP contribution in [0.1, 0.15) is 5.56 Å². The van der Waals surface area contributed by atoms with Crippen molar-refractivity contribution in [2.45, 2.75) is 6.18 Å². The minimum atomic E-state index is -4.68. The van der Waals surface area contributed by atoms with E-state index in [0.717, 1.165) is 24.4 Å². The number of benzene rings is 1. The Kier molecular flexibility index (Phi) is 2.57. The minimum absolute atomic E-state index is 0.230. The SMILES string of the molecule is O=[N+]([O-])c1ccc2c(c1)c(C(F)(F)F)cc[n+]2[O-]. The molecule has 0 aliphatic heterocycles. The van der Waals surface area contributed by atoms with Gasteiger partial charge in [-0.3, -0.25) is 10.1 Å². The fraction of sp³-hybridized carbons (Fsp3) is 0.100. The Morgan fingerprint density at radius 1 is 1.22 bits per heavy atom. The van der Waals surface area contributed by atoms with Gasteiger partial charge in [0.2, 0.25) is 5.52 Å². The summed E-state index contributed by atoms with van der Waals surface area (Å²) in [5, 5.41) is 21.4. The molecule has 0 spiro atoms. The van der Waals surface area contributed by atoms with E-state index in [-0.39, 0.29) is 10.2 Å². The van der Waals surface area contributed by atoms with Crippen molar-refractivity contribution >= 4 is 16.6 Å². The Labute approximate surface area is 97.8 Å². The predicted molar refractivity (Wildman–Crippen MR) is 54.6 cm³/mol. The summed E-state index contributed by atoms with van der Waals surface area (Å²) >= 11 is 0. The second kappa shape index (κ2) is 3.83. The highest BCUT2D eigenvalue weighted by atomic mass is 19.4. The summed E-state index contributed by atoms with van der Waals surface area (Å²) in [7, 11) is 0. The molecule has 8 heteroatoms. The number of nitro groups is 1. The number of nitro benzene ring substituents is 1. The summed E-state index contributed by atoms with van der Waals surface area (Å²) in [6, 6.07) is 3.32. The van der Waals surface area contributed by atoms with Crippen molar-refractivity contribution in [3.8, 4) is 0 Å². The zero-order chi connectivity index (χ0) is 13.5. The summed E-state index contributed by atoms with van der Waals surface area (Å²) in [6.45, 7) is 0. The third kappa shape index (κ3) is 1.92. The number of hydrogen-bond donors (Lipinski definition) is 0. The highest BCUT2D eigenvalue weighted by Gasteiger charge is 2.34. The fourth-order valence-corrected chi connectivity index (χ4v) is 1.61. The van der Waals surface area contributed by atoms with Gasteiger partial charge in [-0.2, -0.15) is 17.9 Å². The van der Waals surface area contributed by atoms with E-state index in [9.17, 15) is 28.5 Å². The standard InChI is InChI=1S/C10H5F3N2O3/c11-10(12,13)8-3-4-14(16)9-2-1-6(15(17)18)5-7(8)9/h1-5H. The van der Waals surface area contributed by atoms with Crippen LogP contribution in [0.15, 0.2) is 30.5 Å². The first kappa shape index (κ1) is 12.1. The molecule has 2 aromatic rings. The van der Waals surface area contributed by atoms with E-state index in [4.69, 9.17) is 0 Å². The monoisotopic (exact) mass is 258 g/mol. The van der Waals surface area contributed by atoms with Crippen LogP contribution >= 0.6 is 0 Å². The molecule has 1 aromatic carbocycles. The van der Waals surface area contributed by atoms with Crippen molar-refractivity contribution in [2.24, 2.45) is 0 Å². The van der Waals surface area contributed by atoms with Crippen LogP contribution in [0.4, 0.5) is 18.9 Å². The molecule has 94 valence electrons. The van der Waals surface area contributed by atoms with Gasteiger partial charge in [-0.1, -0.05) is 0 Å². The van der Waals surface area contributed by atoms with Gasteiger partial charge in [0.15, 0.2) is 6.20 Å². The summed E-state index contributed by atoms with van der Waals surface area (Å²) < 4.78 is 38.3. The van der Waals surface area contributed by atoms with E-state index >= 15 is 0 Å². The minimum Gasteiger partial charge on any atom is -0.618 e. The number of hydrogen-bond acceptors (Lipinski definition) is 3. The maximum atomic E-state index is 12.7. The van der Waals surface area contributed by atoms with E-state index in [1.54, 1.807) is 0 Å². The molecule has 0 N–H and O–H groups in total. The lowest BCUT2D eigenvalue weighted by molar-refractivity contribution is -0.577. The van der Waals surface area contributed by atoms with Crippen molar-refractivity contribution < 1.29 is 22.8 Å². The Balaban J connectivity index is 2.84. The smallest absolute Gasteiger partial charge is 0.417 e. The van der Waals surface area contributed by atoms with Gasteiger partial charge < -0.3 is 5.21 Å². The largest absolute Gasteiger partial charge is 0.618 e. The number of non-ortho nitro benzene ring substituents is 1. The molecule has 0 aliphatic carbocycles. The normalized spacial score (nSPS) is 11.7. The van der Waals surface area contributed by atoms with Crippen molar-refractivity contribution in [3.05, 3.63) is 51.3 Å². The Hall–Kier alpha value is -2.38. The second-order valence-electron chi connectivity index (χ2n) is 3.51. The van der Waals surface area contributed by atoms with Crippen molar-refractivity contribution in [1.29, 1.82) is 0 Å². The van der Waals surface area contributed by atoms with Crippen molar-refractivity contribution in [3.63, 3.8) is 0 Å². The highest BCUT2D eigenvalue weighted by Crippen LogP contribution is 2.34. The van der Waals surface area contributed by atoms with Crippen LogP contribution < -0.4 is 4.73 Å². The summed E-state index contributed by atoms with van der Waals surface area (Å²) in [6.07, 6.45) is -3.96. The first-order valence-corrected chi connectivity index (χ1v) is 4.68. The molecule has 0 aliphatic rings. The number of halogens is 3. The zero-order valence-electron chi connectivity index (χ0n) is 8.64. The van der Waals surface area contributed by atoms with Crippen molar-refractivity contribution in [1.82, 2.24) is 0 Å². The molecule has 0 saturated carbocycles. The van der Waals surface area contributed by atoms with Crippen molar-refractivity contribution in [2.75, 3.05) is 0 Å². The molecule has 18 heavy (non-hydrogen) atoms. The Morgan fingerprint density at radius 3 is 2.44 bits per heavy atom. The molecule has 0 radical (unpaired) electrons. The number of rotatable bonds is 1. The van der Waals surface area contributed by atoms with E-state index in [2.05, 4.69) is 0 Å². The molecule has 2 rings (SSSR count). The average molecular weight is 258 g/mol. The Bertz CT molecular complexity index is 640. The van der Waals surface area contributed by atoms with E-state index in [1.165, 1.54) is 0 Å². The van der Waals surface area contributed by atoms with Gasteiger partial charge in [-0.25, -0.2) is 0 Å². The molecule has 0 unspecified atom stereocenters. The first-order chi connectivity index (χ1) is 8.30. The molecule has 5 nitrogen and oxygen atoms in total. The number of fused-ring (bicyclic) bond motifs is 1. The summed E-state index contributed by atoms with van der Waals surface area (Å²) in [4.78, 5) is 9.71. The molecular formula is C10H5F3N2O3. The van der Waals surface area contributed by atoms with Gasteiger partial charge in [-0.15, -0.1) is 0 Å². The summed E-state index contributed by atoms with van der Waals surface area (Å²) in [5.74, 6) is 0. The number of alkyl halides is 3. The van der Waals surface area contributed by atoms with E-state index < -0.39 is 27.7 Å². The number of pyridine rings is 1. The molecule has 0 bridgehead atoms. The van der Waals surface area contributed by atoms with Crippen LogP contribution in [0, 0.1) is 15.3 Å². The maximum absolute atomic E-state index is 12.7. The molecule has 0 amide bonds. The highest BCUT2D eigenvalue weighted by molar-refractivity contribution is 5.82. The topological polar surface area (TPSA) is 70.1 Å². The van der Waals surface area contributed by atoms with Gasteiger partial charge in [0.1, 0.15) is 0 Å². The lowest BCUT2D eigenvalue weighted by Crippen LogP contribution is -2.27. The molecule has 0 atom stereocenters. The van der Waals surface area contributed by atoms with Crippen LogP contribution in [0.5, 0.6) is 0 Å². The van der Waals surface area contributed by atoms with Gasteiger partial charge >= 0.3 is 6.18 Å².